The molecule has 0 aliphatic rings. The molecule has 0 fully saturated rings. The van der Waals surface area contributed by atoms with E-state index in [-0.39, 0.29) is 23.8 Å². The molecule has 4 N–H and O–H groups in total. The Morgan fingerprint density at radius 3 is 2.10 bits per heavy atom. The van der Waals surface area contributed by atoms with E-state index in [1.165, 1.54) is 11.1 Å². The second-order valence-electron chi connectivity index (χ2n) is 7.37. The van der Waals surface area contributed by atoms with Crippen LogP contribution in [0.2, 0.25) is 0 Å². The molecule has 29 heavy (non-hydrogen) atoms. The first-order valence-electron chi connectivity index (χ1n) is 9.77. The molecule has 0 bridgehead atoms. The van der Waals surface area contributed by atoms with Crippen molar-refractivity contribution in [2.45, 2.75) is 31.6 Å². The maximum absolute atomic E-state index is 8.01. The van der Waals surface area contributed by atoms with Crippen LogP contribution in [0.5, 0.6) is 0 Å². The molecule has 0 saturated carbocycles. The smallest absolute Gasteiger partial charge is 0.188 e. The molecule has 1 heterocycles. The van der Waals surface area contributed by atoms with Gasteiger partial charge in [0.2, 0.25) is 0 Å². The molecule has 0 atom stereocenters. The van der Waals surface area contributed by atoms with Gasteiger partial charge in [-0.15, -0.1) is 12.4 Å². The molecule has 0 aliphatic carbocycles. The number of halogens is 1. The van der Waals surface area contributed by atoms with Gasteiger partial charge in [0, 0.05) is 30.4 Å². The van der Waals surface area contributed by atoms with Gasteiger partial charge in [-0.25, -0.2) is 4.98 Å². The van der Waals surface area contributed by atoms with Crippen molar-refractivity contribution < 1.29 is 0 Å². The predicted octanol–water partition coefficient (Wildman–Crippen LogP) is 4.36. The van der Waals surface area contributed by atoms with E-state index in [0.29, 0.717) is 0 Å². The average Bonchev–Trinajstić information content (AvgIpc) is 3.25. The normalized spacial score (nSPS) is 10.9. The largest absolute Gasteiger partial charge is 0.370 e. The van der Waals surface area contributed by atoms with E-state index in [0.717, 1.165) is 38.0 Å². The second-order valence-corrected chi connectivity index (χ2v) is 7.37. The molecule has 154 valence electrons. The zero-order valence-corrected chi connectivity index (χ0v) is 17.7. The summed E-state index contributed by atoms with van der Waals surface area (Å²) in [6.07, 6.45) is 6.25. The number of guanidine groups is 1. The molecule has 3 aromatic rings. The molecule has 0 aliphatic heterocycles. The number of hydrogen-bond donors (Lipinski definition) is 3. The molecule has 0 saturated heterocycles. The summed E-state index contributed by atoms with van der Waals surface area (Å²) in [5, 5.41) is 8.01. The van der Waals surface area contributed by atoms with Crippen LogP contribution in [0, 0.1) is 5.41 Å². The summed E-state index contributed by atoms with van der Waals surface area (Å²) in [5.41, 5.74) is 9.43. The van der Waals surface area contributed by atoms with Crippen molar-refractivity contribution in [1.82, 2.24) is 14.9 Å². The molecule has 0 spiro atoms. The third kappa shape index (κ3) is 5.84. The van der Waals surface area contributed by atoms with E-state index in [1.54, 1.807) is 6.33 Å². The van der Waals surface area contributed by atoms with Crippen molar-refractivity contribution in [2.75, 3.05) is 13.1 Å². The van der Waals surface area contributed by atoms with Crippen LogP contribution in [0.3, 0.4) is 0 Å². The number of aromatic amines is 1. The Hall–Kier alpha value is -2.79. The highest BCUT2D eigenvalue weighted by Gasteiger charge is 2.29. The van der Waals surface area contributed by atoms with Gasteiger partial charge in [0.05, 0.1) is 6.33 Å². The third-order valence-corrected chi connectivity index (χ3v) is 5.47. The summed E-state index contributed by atoms with van der Waals surface area (Å²) in [6.45, 7) is 3.77. The van der Waals surface area contributed by atoms with Crippen LogP contribution in [0.1, 0.15) is 36.6 Å². The number of imidazole rings is 1. The monoisotopic (exact) mass is 411 g/mol. The van der Waals surface area contributed by atoms with Crippen LogP contribution in [-0.4, -0.2) is 33.9 Å². The topological polar surface area (TPSA) is 81.8 Å². The van der Waals surface area contributed by atoms with Gasteiger partial charge < -0.3 is 15.6 Å². The molecule has 0 radical (unpaired) electrons. The third-order valence-electron chi connectivity index (χ3n) is 5.47. The zero-order valence-electron chi connectivity index (χ0n) is 16.8. The molecule has 6 heteroatoms. The van der Waals surface area contributed by atoms with Gasteiger partial charge >= 0.3 is 0 Å². The van der Waals surface area contributed by atoms with Crippen LogP contribution in [0.25, 0.3) is 0 Å². The highest BCUT2D eigenvalue weighted by atomic mass is 35.5. The Morgan fingerprint density at radius 1 is 1.03 bits per heavy atom. The van der Waals surface area contributed by atoms with E-state index >= 15 is 0 Å². The van der Waals surface area contributed by atoms with Crippen LogP contribution in [0.4, 0.5) is 0 Å². The number of nitrogens with one attached hydrogen (secondary N) is 2. The van der Waals surface area contributed by atoms with Crippen molar-refractivity contribution in [3.05, 3.63) is 90.0 Å². The standard InChI is InChI=1S/C23H29N5.ClH/c1-23(19-9-4-2-5-10-19,20-11-6-3-7-12-20)14-16-28(22(24)25)15-8-13-21-17-26-18-27-21;/h2-7,9-12,17-18H,8,13-16H2,1H3,(H3,24,25)(H,26,27);1H. The summed E-state index contributed by atoms with van der Waals surface area (Å²) < 4.78 is 0. The quantitative estimate of drug-likeness (QED) is 0.361. The van der Waals surface area contributed by atoms with Gasteiger partial charge in [-0.05, 0) is 30.4 Å². The second kappa shape index (κ2) is 10.7. The number of aromatic nitrogens is 2. The summed E-state index contributed by atoms with van der Waals surface area (Å²) in [5.74, 6) is 0.132. The van der Waals surface area contributed by atoms with Crippen LogP contribution in [-0.2, 0) is 11.8 Å². The van der Waals surface area contributed by atoms with Gasteiger partial charge in [-0.3, -0.25) is 5.41 Å². The van der Waals surface area contributed by atoms with E-state index in [4.69, 9.17) is 11.1 Å². The lowest BCUT2D eigenvalue weighted by Crippen LogP contribution is -2.40. The van der Waals surface area contributed by atoms with Crippen LogP contribution < -0.4 is 5.73 Å². The Balaban J connectivity index is 0.00000300. The van der Waals surface area contributed by atoms with Crippen LogP contribution in [0.15, 0.2) is 73.2 Å². The van der Waals surface area contributed by atoms with Crippen molar-refractivity contribution in [3.63, 3.8) is 0 Å². The van der Waals surface area contributed by atoms with Gasteiger partial charge in [0.25, 0.3) is 0 Å². The molecular weight excluding hydrogens is 382 g/mol. The fourth-order valence-electron chi connectivity index (χ4n) is 3.66. The van der Waals surface area contributed by atoms with Gasteiger partial charge in [-0.2, -0.15) is 0 Å². The Kier molecular flexibility index (Phi) is 8.28. The number of rotatable bonds is 9. The minimum atomic E-state index is -0.139. The number of H-pyrrole nitrogens is 1. The number of nitrogens with zero attached hydrogens (tertiary/aromatic N) is 2. The maximum Gasteiger partial charge on any atom is 0.188 e. The molecule has 0 amide bonds. The van der Waals surface area contributed by atoms with Gasteiger partial charge in [0.15, 0.2) is 5.96 Å². The van der Waals surface area contributed by atoms with E-state index in [1.807, 2.05) is 23.2 Å². The van der Waals surface area contributed by atoms with E-state index < -0.39 is 0 Å². The van der Waals surface area contributed by atoms with E-state index in [2.05, 4.69) is 65.4 Å². The Labute approximate surface area is 179 Å². The van der Waals surface area contributed by atoms with Crippen molar-refractivity contribution >= 4 is 18.4 Å². The molecule has 0 unspecified atom stereocenters. The minimum absolute atomic E-state index is 0. The first-order valence-corrected chi connectivity index (χ1v) is 9.77. The van der Waals surface area contributed by atoms with Crippen molar-refractivity contribution in [2.24, 2.45) is 5.73 Å². The molecule has 5 nitrogen and oxygen atoms in total. The first-order chi connectivity index (χ1) is 13.6. The summed E-state index contributed by atoms with van der Waals surface area (Å²) in [4.78, 5) is 9.15. The Morgan fingerprint density at radius 2 is 1.62 bits per heavy atom. The summed E-state index contributed by atoms with van der Waals surface area (Å²) in [7, 11) is 0. The zero-order chi connectivity index (χ0) is 19.8. The fourth-order valence-corrected chi connectivity index (χ4v) is 3.66. The molecule has 2 aromatic carbocycles. The lowest BCUT2D eigenvalue weighted by molar-refractivity contribution is 0.355. The highest BCUT2D eigenvalue weighted by Crippen LogP contribution is 2.35. The molecule has 3 rings (SSSR count). The average molecular weight is 412 g/mol. The molecular formula is C23H30ClN5. The van der Waals surface area contributed by atoms with Crippen molar-refractivity contribution in [3.8, 4) is 0 Å². The number of nitrogens with two attached hydrogens (primary N) is 1. The minimum Gasteiger partial charge on any atom is -0.370 e. The van der Waals surface area contributed by atoms with E-state index in [9.17, 15) is 0 Å². The fraction of sp³-hybridized carbons (Fsp3) is 0.304. The van der Waals surface area contributed by atoms with Crippen LogP contribution >= 0.6 is 12.4 Å². The van der Waals surface area contributed by atoms with Gasteiger partial charge in [-0.1, -0.05) is 67.6 Å². The number of aryl methyl sites for hydroxylation is 1. The SMILES string of the molecule is CC(CCN(CCCc1cnc[nH]1)C(=N)N)(c1ccccc1)c1ccccc1.Cl. The number of hydrogen-bond acceptors (Lipinski definition) is 2. The highest BCUT2D eigenvalue weighted by molar-refractivity contribution is 5.85. The number of benzene rings is 2. The maximum atomic E-state index is 8.01. The molecule has 1 aromatic heterocycles. The van der Waals surface area contributed by atoms with Gasteiger partial charge in [0.1, 0.15) is 0 Å². The Bertz CT molecular complexity index is 810. The summed E-state index contributed by atoms with van der Waals surface area (Å²) >= 11 is 0. The lowest BCUT2D eigenvalue weighted by Gasteiger charge is -2.34. The lowest BCUT2D eigenvalue weighted by atomic mass is 9.73. The van der Waals surface area contributed by atoms with Crippen molar-refractivity contribution in [1.29, 1.82) is 5.41 Å². The predicted molar refractivity (Wildman–Crippen MR) is 122 cm³/mol. The first kappa shape index (κ1) is 22.5. The summed E-state index contributed by atoms with van der Waals surface area (Å²) in [6, 6.07) is 21.2.